The maximum Gasteiger partial charge on any atom is 0.255 e. The van der Waals surface area contributed by atoms with Gasteiger partial charge >= 0.3 is 0 Å². The highest BCUT2D eigenvalue weighted by Gasteiger charge is 2.13. The van der Waals surface area contributed by atoms with E-state index in [1.165, 1.54) is 5.56 Å². The van der Waals surface area contributed by atoms with E-state index >= 15 is 0 Å². The zero-order chi connectivity index (χ0) is 22.5. The van der Waals surface area contributed by atoms with Crippen LogP contribution in [-0.2, 0) is 5.75 Å². The number of amides is 1. The maximum absolute atomic E-state index is 12.5. The molecule has 0 fully saturated rings. The second-order valence-corrected chi connectivity index (χ2v) is 8.26. The molecular formula is C25H24N4O2S. The molecule has 0 aliphatic heterocycles. The third kappa shape index (κ3) is 4.84. The largest absolute Gasteiger partial charge is 0.497 e. The van der Waals surface area contributed by atoms with Crippen LogP contribution < -0.4 is 10.1 Å². The van der Waals surface area contributed by atoms with E-state index in [4.69, 9.17) is 4.74 Å². The van der Waals surface area contributed by atoms with Crippen molar-refractivity contribution in [2.75, 3.05) is 12.4 Å². The van der Waals surface area contributed by atoms with Gasteiger partial charge in [-0.3, -0.25) is 9.36 Å². The minimum atomic E-state index is -0.149. The zero-order valence-corrected chi connectivity index (χ0v) is 19.0. The first-order valence-corrected chi connectivity index (χ1v) is 11.2. The number of nitrogens with zero attached hydrogens (tertiary/aromatic N) is 3. The molecule has 4 aromatic rings. The number of rotatable bonds is 7. The Morgan fingerprint density at radius 3 is 2.38 bits per heavy atom. The average Bonchev–Trinajstić information content (AvgIpc) is 3.19. The van der Waals surface area contributed by atoms with E-state index in [0.717, 1.165) is 39.4 Å². The van der Waals surface area contributed by atoms with Crippen LogP contribution in [0, 0.1) is 13.8 Å². The average molecular weight is 445 g/mol. The quantitative estimate of drug-likeness (QED) is 0.385. The topological polar surface area (TPSA) is 69.0 Å². The molecule has 1 heterocycles. The molecule has 1 N–H and O–H groups in total. The van der Waals surface area contributed by atoms with Crippen molar-refractivity contribution >= 4 is 23.4 Å². The third-order valence-corrected chi connectivity index (χ3v) is 6.08. The summed E-state index contributed by atoms with van der Waals surface area (Å²) in [6, 6.07) is 23.1. The van der Waals surface area contributed by atoms with Gasteiger partial charge in [0.25, 0.3) is 5.91 Å². The lowest BCUT2D eigenvalue weighted by atomic mass is 10.1. The van der Waals surface area contributed by atoms with Crippen LogP contribution >= 0.6 is 11.8 Å². The molecule has 0 atom stereocenters. The van der Waals surface area contributed by atoms with Crippen LogP contribution in [0.15, 0.2) is 78.0 Å². The lowest BCUT2D eigenvalue weighted by molar-refractivity contribution is 0.102. The molecule has 162 valence electrons. The smallest absolute Gasteiger partial charge is 0.255 e. The number of methoxy groups -OCH3 is 1. The van der Waals surface area contributed by atoms with E-state index in [0.29, 0.717) is 5.56 Å². The minimum absolute atomic E-state index is 0.149. The number of ether oxygens (including phenoxy) is 1. The third-order valence-electron chi connectivity index (χ3n) is 5.08. The number of aryl methyl sites for hydroxylation is 2. The van der Waals surface area contributed by atoms with Crippen LogP contribution in [0.1, 0.15) is 27.3 Å². The molecule has 0 unspecified atom stereocenters. The zero-order valence-electron chi connectivity index (χ0n) is 18.2. The lowest BCUT2D eigenvalue weighted by Gasteiger charge is -2.11. The molecule has 1 aromatic heterocycles. The standard InChI is InChI=1S/C25H24N4O2S/c1-17-6-4-5-7-23(17)29-18(2)27-28-25(29)32-16-19-8-10-20(11-9-19)24(30)26-21-12-14-22(31-3)15-13-21/h4-15H,16H2,1-3H3,(H,26,30). The summed E-state index contributed by atoms with van der Waals surface area (Å²) in [7, 11) is 1.61. The predicted octanol–water partition coefficient (Wildman–Crippen LogP) is 5.44. The molecule has 0 radical (unpaired) electrons. The van der Waals surface area contributed by atoms with Gasteiger partial charge in [0.1, 0.15) is 11.6 Å². The van der Waals surface area contributed by atoms with Crippen molar-refractivity contribution in [3.05, 3.63) is 95.3 Å². The van der Waals surface area contributed by atoms with E-state index < -0.39 is 0 Å². The van der Waals surface area contributed by atoms with Crippen LogP contribution in [0.2, 0.25) is 0 Å². The van der Waals surface area contributed by atoms with Crippen LogP contribution in [0.5, 0.6) is 5.75 Å². The van der Waals surface area contributed by atoms with Gasteiger partial charge in [-0.1, -0.05) is 42.1 Å². The molecule has 0 aliphatic rings. The highest BCUT2D eigenvalue weighted by atomic mass is 32.2. The first-order valence-electron chi connectivity index (χ1n) is 10.2. The Hall–Kier alpha value is -3.58. The Morgan fingerprint density at radius 1 is 0.969 bits per heavy atom. The van der Waals surface area contributed by atoms with E-state index in [9.17, 15) is 4.79 Å². The van der Waals surface area contributed by atoms with Crippen molar-refractivity contribution in [3.8, 4) is 11.4 Å². The molecule has 7 heteroatoms. The molecule has 3 aromatic carbocycles. The predicted molar refractivity (Wildman–Crippen MR) is 128 cm³/mol. The van der Waals surface area contributed by atoms with Crippen LogP contribution in [0.25, 0.3) is 5.69 Å². The fourth-order valence-corrected chi connectivity index (χ4v) is 4.25. The molecule has 1 amide bonds. The van der Waals surface area contributed by atoms with Gasteiger partial charge in [-0.15, -0.1) is 10.2 Å². The highest BCUT2D eigenvalue weighted by molar-refractivity contribution is 7.98. The number of carbonyl (C=O) groups excluding carboxylic acids is 1. The van der Waals surface area contributed by atoms with Gasteiger partial charge in [-0.2, -0.15) is 0 Å². The summed E-state index contributed by atoms with van der Waals surface area (Å²) < 4.78 is 7.22. The number of hydrogen-bond acceptors (Lipinski definition) is 5. The molecular weight excluding hydrogens is 420 g/mol. The summed E-state index contributed by atoms with van der Waals surface area (Å²) in [6.45, 7) is 4.04. The molecule has 4 rings (SSSR count). The van der Waals surface area contributed by atoms with Gasteiger partial charge in [-0.05, 0) is 67.4 Å². The van der Waals surface area contributed by atoms with Crippen LogP contribution in [0.3, 0.4) is 0 Å². The summed E-state index contributed by atoms with van der Waals surface area (Å²) >= 11 is 1.62. The summed E-state index contributed by atoms with van der Waals surface area (Å²) in [5.41, 5.74) is 4.69. The van der Waals surface area contributed by atoms with E-state index in [1.54, 1.807) is 18.9 Å². The monoisotopic (exact) mass is 444 g/mol. The Labute approximate surface area is 191 Å². The van der Waals surface area contributed by atoms with Crippen LogP contribution in [-0.4, -0.2) is 27.8 Å². The number of para-hydroxylation sites is 1. The molecule has 32 heavy (non-hydrogen) atoms. The molecule has 6 nitrogen and oxygen atoms in total. The van der Waals surface area contributed by atoms with Crippen molar-refractivity contribution in [1.82, 2.24) is 14.8 Å². The molecule has 0 aliphatic carbocycles. The number of carbonyl (C=O) groups is 1. The number of anilines is 1. The summed E-state index contributed by atoms with van der Waals surface area (Å²) in [4.78, 5) is 12.5. The van der Waals surface area contributed by atoms with Crippen molar-refractivity contribution in [2.45, 2.75) is 24.8 Å². The molecule has 0 saturated carbocycles. The Kier molecular flexibility index (Phi) is 6.56. The van der Waals surface area contributed by atoms with Crippen molar-refractivity contribution in [2.24, 2.45) is 0 Å². The second kappa shape index (κ2) is 9.70. The maximum atomic E-state index is 12.5. The first kappa shape index (κ1) is 21.6. The van der Waals surface area contributed by atoms with Crippen LogP contribution in [0.4, 0.5) is 5.69 Å². The highest BCUT2D eigenvalue weighted by Crippen LogP contribution is 2.26. The van der Waals surface area contributed by atoms with Gasteiger partial charge in [0.2, 0.25) is 0 Å². The lowest BCUT2D eigenvalue weighted by Crippen LogP contribution is -2.11. The van der Waals surface area contributed by atoms with E-state index in [-0.39, 0.29) is 5.91 Å². The van der Waals surface area contributed by atoms with E-state index in [2.05, 4.69) is 39.1 Å². The SMILES string of the molecule is COc1ccc(NC(=O)c2ccc(CSc3nnc(C)n3-c3ccccc3C)cc2)cc1. The van der Waals surface area contributed by atoms with Crippen molar-refractivity contribution in [3.63, 3.8) is 0 Å². The second-order valence-electron chi connectivity index (χ2n) is 7.32. The fraction of sp³-hybridized carbons (Fsp3) is 0.160. The van der Waals surface area contributed by atoms with Gasteiger partial charge < -0.3 is 10.1 Å². The molecule has 0 saturated heterocycles. The van der Waals surface area contributed by atoms with Gasteiger partial charge in [-0.25, -0.2) is 0 Å². The first-order chi connectivity index (χ1) is 15.5. The number of benzene rings is 3. The number of nitrogens with one attached hydrogen (secondary N) is 1. The Balaban J connectivity index is 1.41. The number of hydrogen-bond donors (Lipinski definition) is 1. The minimum Gasteiger partial charge on any atom is -0.497 e. The normalized spacial score (nSPS) is 10.7. The molecule has 0 bridgehead atoms. The summed E-state index contributed by atoms with van der Waals surface area (Å²) in [5, 5.41) is 12.4. The summed E-state index contributed by atoms with van der Waals surface area (Å²) in [5.74, 6) is 2.18. The number of aromatic nitrogens is 3. The summed E-state index contributed by atoms with van der Waals surface area (Å²) in [6.07, 6.45) is 0. The Morgan fingerprint density at radius 2 is 1.69 bits per heavy atom. The Bertz CT molecular complexity index is 1220. The van der Waals surface area contributed by atoms with Gasteiger partial charge in [0.15, 0.2) is 5.16 Å². The number of thioether (sulfide) groups is 1. The van der Waals surface area contributed by atoms with Gasteiger partial charge in [0, 0.05) is 17.0 Å². The van der Waals surface area contributed by atoms with Gasteiger partial charge in [0.05, 0.1) is 12.8 Å². The molecule has 0 spiro atoms. The van der Waals surface area contributed by atoms with Crippen molar-refractivity contribution in [1.29, 1.82) is 0 Å². The fourth-order valence-electron chi connectivity index (χ4n) is 3.31. The van der Waals surface area contributed by atoms with Crippen molar-refractivity contribution < 1.29 is 9.53 Å². The van der Waals surface area contributed by atoms with E-state index in [1.807, 2.05) is 67.6 Å².